The fourth-order valence-corrected chi connectivity index (χ4v) is 1.56. The van der Waals surface area contributed by atoms with Crippen LogP contribution in [-0.2, 0) is 0 Å². The monoisotopic (exact) mass is 231 g/mol. The molecule has 0 aromatic carbocycles. The fourth-order valence-electron chi connectivity index (χ4n) is 1.56. The minimum absolute atomic E-state index is 0.0493. The van der Waals surface area contributed by atoms with Gasteiger partial charge in [0.25, 0.3) is 0 Å². The van der Waals surface area contributed by atoms with E-state index in [4.69, 9.17) is 0 Å². The number of nitrogens with zero attached hydrogens (tertiary/aromatic N) is 2. The average Bonchev–Trinajstić information content (AvgIpc) is 2.27. The van der Waals surface area contributed by atoms with Crippen molar-refractivity contribution in [1.29, 1.82) is 0 Å². The molecule has 1 rings (SSSR count). The van der Waals surface area contributed by atoms with Crippen LogP contribution in [0.1, 0.15) is 17.4 Å². The minimum atomic E-state index is -0.0493. The average molecular weight is 231 g/mol. The van der Waals surface area contributed by atoms with Crippen molar-refractivity contribution in [2.45, 2.75) is 6.92 Å². The van der Waals surface area contributed by atoms with Crippen molar-refractivity contribution in [1.82, 2.24) is 9.88 Å². The van der Waals surface area contributed by atoms with E-state index in [0.717, 1.165) is 11.3 Å². The summed E-state index contributed by atoms with van der Waals surface area (Å²) in [7, 11) is 7.44. The highest BCUT2D eigenvalue weighted by Crippen LogP contribution is 2.14. The number of carbonyl (C=O) groups excluding carboxylic acids is 1. The van der Waals surface area contributed by atoms with Crippen LogP contribution in [0.5, 0.6) is 0 Å². The number of ketones is 1. The summed E-state index contributed by atoms with van der Waals surface area (Å²) in [5.41, 5.74) is 2.74. The molecule has 17 heavy (non-hydrogen) atoms. The van der Waals surface area contributed by atoms with E-state index in [0.29, 0.717) is 11.3 Å². The number of anilines is 1. The molecule has 1 heterocycles. The molecule has 0 aliphatic heterocycles. The molecule has 0 bridgehead atoms. The van der Waals surface area contributed by atoms with Crippen molar-refractivity contribution < 1.29 is 4.79 Å². The highest BCUT2D eigenvalue weighted by molar-refractivity contribution is 6.31. The minimum Gasteiger partial charge on any atom is -0.386 e. The van der Waals surface area contributed by atoms with E-state index in [1.54, 1.807) is 20.2 Å². The van der Waals surface area contributed by atoms with Crippen LogP contribution in [0.3, 0.4) is 0 Å². The van der Waals surface area contributed by atoms with Gasteiger partial charge in [0.15, 0.2) is 7.85 Å². The van der Waals surface area contributed by atoms with Crippen molar-refractivity contribution in [2.75, 3.05) is 26.5 Å². The molecule has 0 radical (unpaired) electrons. The van der Waals surface area contributed by atoms with Crippen LogP contribution in [0, 0.1) is 0 Å². The van der Waals surface area contributed by atoms with Crippen molar-refractivity contribution in [3.05, 3.63) is 29.6 Å². The van der Waals surface area contributed by atoms with E-state index < -0.39 is 0 Å². The van der Waals surface area contributed by atoms with Crippen LogP contribution in [0.25, 0.3) is 0 Å². The zero-order chi connectivity index (χ0) is 13.0. The second-order valence-corrected chi connectivity index (χ2v) is 4.20. The maximum Gasteiger partial charge on any atom is 0.210 e. The number of hydrogen-bond acceptors (Lipinski definition) is 4. The van der Waals surface area contributed by atoms with Gasteiger partial charge in [0, 0.05) is 32.9 Å². The van der Waals surface area contributed by atoms with Crippen molar-refractivity contribution in [3.8, 4) is 0 Å². The van der Waals surface area contributed by atoms with E-state index in [2.05, 4.69) is 10.3 Å². The molecule has 1 aromatic rings. The molecule has 90 valence electrons. The van der Waals surface area contributed by atoms with Crippen LogP contribution in [-0.4, -0.2) is 44.7 Å². The SMILES string of the molecule is Bc1ccc(NC)c(C(=O)/C(C)=C/N(C)C)n1. The third-order valence-corrected chi connectivity index (χ3v) is 2.33. The number of hydrogen-bond donors (Lipinski definition) is 1. The summed E-state index contributed by atoms with van der Waals surface area (Å²) in [6, 6.07) is 3.76. The molecule has 0 atom stereocenters. The Morgan fingerprint density at radius 3 is 2.65 bits per heavy atom. The van der Waals surface area contributed by atoms with Crippen LogP contribution >= 0.6 is 0 Å². The molecule has 4 nitrogen and oxygen atoms in total. The number of allylic oxidation sites excluding steroid dienone is 1. The van der Waals surface area contributed by atoms with Crippen molar-refractivity contribution in [3.63, 3.8) is 0 Å². The number of pyridine rings is 1. The summed E-state index contributed by atoms with van der Waals surface area (Å²) in [5.74, 6) is -0.0493. The van der Waals surface area contributed by atoms with Gasteiger partial charge in [-0.3, -0.25) is 9.78 Å². The maximum absolute atomic E-state index is 12.2. The number of carbonyl (C=O) groups is 1. The molecule has 0 fully saturated rings. The first-order valence-electron chi connectivity index (χ1n) is 5.50. The van der Waals surface area contributed by atoms with Gasteiger partial charge in [-0.25, -0.2) is 0 Å². The summed E-state index contributed by atoms with van der Waals surface area (Å²) in [5, 5.41) is 2.99. The molecule has 0 saturated carbocycles. The summed E-state index contributed by atoms with van der Waals surface area (Å²) in [6.45, 7) is 1.80. The standard InChI is InChI=1S/C12H18BN3O/c1-8(7-16(3)4)12(17)11-9(14-2)5-6-10(13)15-11/h5-7,14H,13H2,1-4H3/b8-7+. The van der Waals surface area contributed by atoms with Gasteiger partial charge in [-0.2, -0.15) is 0 Å². The lowest BCUT2D eigenvalue weighted by molar-refractivity contribution is 0.102. The highest BCUT2D eigenvalue weighted by Gasteiger charge is 2.14. The highest BCUT2D eigenvalue weighted by atomic mass is 16.1. The Morgan fingerprint density at radius 1 is 1.47 bits per heavy atom. The molecule has 1 aromatic heterocycles. The Bertz CT molecular complexity index is 455. The molecule has 0 aliphatic carbocycles. The zero-order valence-electron chi connectivity index (χ0n) is 11.0. The molecular formula is C12H18BN3O. The lowest BCUT2D eigenvalue weighted by Crippen LogP contribution is -2.17. The second-order valence-electron chi connectivity index (χ2n) is 4.20. The normalized spacial score (nSPS) is 11.2. The van der Waals surface area contributed by atoms with E-state index in [9.17, 15) is 4.79 Å². The first-order valence-corrected chi connectivity index (χ1v) is 5.50. The third kappa shape index (κ3) is 3.34. The molecule has 0 amide bonds. The number of nitrogens with one attached hydrogen (secondary N) is 1. The molecule has 1 N–H and O–H groups in total. The van der Waals surface area contributed by atoms with Gasteiger partial charge in [-0.1, -0.05) is 0 Å². The largest absolute Gasteiger partial charge is 0.386 e. The lowest BCUT2D eigenvalue weighted by atomic mass is 10.0. The lowest BCUT2D eigenvalue weighted by Gasteiger charge is -2.10. The molecule has 0 aliphatic rings. The summed E-state index contributed by atoms with van der Waals surface area (Å²) >= 11 is 0. The molecule has 0 spiro atoms. The Kier molecular flexibility index (Phi) is 4.32. The Morgan fingerprint density at radius 2 is 2.12 bits per heavy atom. The summed E-state index contributed by atoms with van der Waals surface area (Å²) in [6.07, 6.45) is 1.80. The topological polar surface area (TPSA) is 45.2 Å². The van der Waals surface area contributed by atoms with Crippen LogP contribution in [0.2, 0.25) is 0 Å². The summed E-state index contributed by atoms with van der Waals surface area (Å²) in [4.78, 5) is 18.4. The van der Waals surface area contributed by atoms with Gasteiger partial charge in [-0.05, 0) is 24.6 Å². The quantitative estimate of drug-likeness (QED) is 0.451. The molecule has 0 saturated heterocycles. The Balaban J connectivity index is 3.15. The van der Waals surface area contributed by atoms with Gasteiger partial charge in [0.2, 0.25) is 5.78 Å². The van der Waals surface area contributed by atoms with Gasteiger partial charge in [-0.15, -0.1) is 0 Å². The van der Waals surface area contributed by atoms with Crippen molar-refractivity contribution in [2.24, 2.45) is 0 Å². The first kappa shape index (κ1) is 13.3. The molecule has 0 unspecified atom stereocenters. The van der Waals surface area contributed by atoms with Crippen LogP contribution in [0.4, 0.5) is 5.69 Å². The van der Waals surface area contributed by atoms with Crippen molar-refractivity contribution >= 4 is 24.9 Å². The van der Waals surface area contributed by atoms with E-state index >= 15 is 0 Å². The van der Waals surface area contributed by atoms with Gasteiger partial charge in [0.1, 0.15) is 5.69 Å². The number of Topliss-reactive ketones (excluding diaryl/α,β-unsaturated/α-hetero) is 1. The Labute approximate surface area is 103 Å². The van der Waals surface area contributed by atoms with E-state index in [-0.39, 0.29) is 5.78 Å². The first-order chi connectivity index (χ1) is 7.95. The fraction of sp³-hybridized carbons (Fsp3) is 0.333. The Hall–Kier alpha value is -1.78. The second kappa shape index (κ2) is 5.52. The third-order valence-electron chi connectivity index (χ3n) is 2.33. The summed E-state index contributed by atoms with van der Waals surface area (Å²) < 4.78 is 0. The molecular weight excluding hydrogens is 213 g/mol. The predicted molar refractivity (Wildman–Crippen MR) is 73.7 cm³/mol. The van der Waals surface area contributed by atoms with Gasteiger partial charge in [0.05, 0.1) is 5.69 Å². The number of aromatic nitrogens is 1. The zero-order valence-corrected chi connectivity index (χ0v) is 11.0. The van der Waals surface area contributed by atoms with Gasteiger partial charge >= 0.3 is 0 Å². The smallest absolute Gasteiger partial charge is 0.210 e. The maximum atomic E-state index is 12.2. The molecule has 5 heteroatoms. The number of rotatable bonds is 4. The van der Waals surface area contributed by atoms with Gasteiger partial charge < -0.3 is 10.2 Å². The van der Waals surface area contributed by atoms with Crippen LogP contribution in [0.15, 0.2) is 23.9 Å². The van der Waals surface area contributed by atoms with Crippen LogP contribution < -0.4 is 10.9 Å². The predicted octanol–water partition coefficient (Wildman–Crippen LogP) is 0.0298. The van der Waals surface area contributed by atoms with E-state index in [1.807, 2.05) is 39.0 Å². The van der Waals surface area contributed by atoms with E-state index in [1.165, 1.54) is 0 Å².